The molecule has 0 aliphatic heterocycles. The summed E-state index contributed by atoms with van der Waals surface area (Å²) in [4.78, 5) is 20.2. The van der Waals surface area contributed by atoms with Gasteiger partial charge in [0.2, 0.25) is 0 Å². The quantitative estimate of drug-likeness (QED) is 0.506. The first-order valence-corrected chi connectivity index (χ1v) is 6.80. The Morgan fingerprint density at radius 2 is 2.06 bits per heavy atom. The molecule has 0 spiro atoms. The van der Waals surface area contributed by atoms with E-state index in [9.17, 15) is 21.0 Å². The average Bonchev–Trinajstić information content (AvgIpc) is 2.15. The molecule has 0 aliphatic rings. The molecular formula is C8H6INO6. The molecule has 86 valence electrons. The maximum atomic E-state index is 10.9. The van der Waals surface area contributed by atoms with Gasteiger partial charge in [-0.25, -0.2) is 6.14 Å². The van der Waals surface area contributed by atoms with E-state index in [1.54, 1.807) is 0 Å². The highest BCUT2D eigenvalue weighted by Gasteiger charge is 2.15. The first-order chi connectivity index (χ1) is 7.41. The number of nitro benzene ring substituents is 1. The van der Waals surface area contributed by atoms with Gasteiger partial charge >= 0.3 is 25.8 Å². The molecule has 0 fully saturated rings. The van der Waals surface area contributed by atoms with Crippen LogP contribution < -0.4 is 0 Å². The Kier molecular flexibility index (Phi) is 3.88. The van der Waals surface area contributed by atoms with Crippen LogP contribution in [0.3, 0.4) is 0 Å². The number of aliphatic carboxylic acids is 1. The lowest BCUT2D eigenvalue weighted by Crippen LogP contribution is -2.03. The molecule has 0 unspecified atom stereocenters. The Morgan fingerprint density at radius 1 is 1.44 bits per heavy atom. The van der Waals surface area contributed by atoms with Gasteiger partial charge in [0.25, 0.3) is 5.69 Å². The fraction of sp³-hybridized carbons (Fsp3) is 0.125. The lowest BCUT2D eigenvalue weighted by atomic mass is 10.1. The molecule has 0 saturated heterocycles. The zero-order valence-electron chi connectivity index (χ0n) is 7.75. The Hall–Kier alpha value is -1.58. The Labute approximate surface area is 96.4 Å². The lowest BCUT2D eigenvalue weighted by molar-refractivity contribution is -0.384. The minimum absolute atomic E-state index is 0.0445. The lowest BCUT2D eigenvalue weighted by Gasteiger charge is -2.00. The molecule has 0 heterocycles. The summed E-state index contributed by atoms with van der Waals surface area (Å²) in [5, 5.41) is 19.0. The average molecular weight is 339 g/mol. The minimum Gasteiger partial charge on any atom is -0.481 e. The van der Waals surface area contributed by atoms with Gasteiger partial charge in [-0.3, -0.25) is 14.9 Å². The second kappa shape index (κ2) is 4.96. The summed E-state index contributed by atoms with van der Waals surface area (Å²) in [6.45, 7) is 0. The van der Waals surface area contributed by atoms with Crippen molar-refractivity contribution in [1.29, 1.82) is 0 Å². The number of carbonyl (C=O) groups is 1. The topological polar surface area (TPSA) is 115 Å². The van der Waals surface area contributed by atoms with E-state index >= 15 is 0 Å². The highest BCUT2D eigenvalue weighted by atomic mass is 127. The summed E-state index contributed by atoms with van der Waals surface area (Å²) >= 11 is -3.83. The van der Waals surface area contributed by atoms with Crippen LogP contribution in [0.2, 0.25) is 0 Å². The smallest absolute Gasteiger partial charge is 0.341 e. The van der Waals surface area contributed by atoms with Crippen LogP contribution in [0.15, 0.2) is 18.2 Å². The van der Waals surface area contributed by atoms with Crippen LogP contribution in [-0.4, -0.2) is 16.0 Å². The third kappa shape index (κ3) is 2.95. The molecule has 1 rings (SSSR count). The standard InChI is InChI=1S/C8H6INO6/c11-8(12)4-5-3-6(10(15)16)1-2-7(5)9(13)14/h1-3H,4H2,(H,11,12). The van der Waals surface area contributed by atoms with Gasteiger partial charge < -0.3 is 5.11 Å². The highest BCUT2D eigenvalue weighted by Crippen LogP contribution is 2.26. The maximum Gasteiger partial charge on any atom is 0.341 e. The van der Waals surface area contributed by atoms with Crippen LogP contribution in [0.4, 0.5) is 5.69 Å². The number of carboxylic acids is 1. The third-order valence-electron chi connectivity index (χ3n) is 1.75. The van der Waals surface area contributed by atoms with Crippen LogP contribution in [0.5, 0.6) is 0 Å². The van der Waals surface area contributed by atoms with Gasteiger partial charge in [-0.2, -0.15) is 0 Å². The molecule has 7 nitrogen and oxygen atoms in total. The molecule has 0 amide bonds. The van der Waals surface area contributed by atoms with Gasteiger partial charge in [-0.15, -0.1) is 0 Å². The number of benzene rings is 1. The van der Waals surface area contributed by atoms with E-state index in [-0.39, 0.29) is 14.8 Å². The molecule has 1 aromatic rings. The number of rotatable bonds is 4. The van der Waals surface area contributed by atoms with Gasteiger partial charge in [0.1, 0.15) is 0 Å². The summed E-state index contributed by atoms with van der Waals surface area (Å²) in [6, 6.07) is 3.09. The first-order valence-electron chi connectivity index (χ1n) is 3.96. The number of nitrogens with zero attached hydrogens (tertiary/aromatic N) is 1. The second-order valence-corrected chi connectivity index (χ2v) is 5.22. The number of carboxylic acid groups (broad SMARTS) is 1. The normalized spacial score (nSPS) is 10.3. The molecular weight excluding hydrogens is 333 g/mol. The van der Waals surface area contributed by atoms with Crippen LogP contribution >= 0.6 is 19.8 Å². The molecule has 1 N–H and O–H groups in total. The van der Waals surface area contributed by atoms with Crippen molar-refractivity contribution in [3.8, 4) is 0 Å². The van der Waals surface area contributed by atoms with Crippen molar-refractivity contribution in [3.05, 3.63) is 37.4 Å². The SMILES string of the molecule is O=C(O)Cc1cc([N+](=O)[O-])ccc1I(=O)=O. The summed E-state index contributed by atoms with van der Waals surface area (Å²) in [7, 11) is 0. The molecule has 0 saturated carbocycles. The van der Waals surface area contributed by atoms with E-state index in [0.717, 1.165) is 18.2 Å². The summed E-state index contributed by atoms with van der Waals surface area (Å²) < 4.78 is 21.6. The van der Waals surface area contributed by atoms with E-state index in [1.807, 2.05) is 0 Å². The van der Waals surface area contributed by atoms with Crippen molar-refractivity contribution in [2.45, 2.75) is 6.42 Å². The largest absolute Gasteiger partial charge is 0.481 e. The summed E-state index contributed by atoms with van der Waals surface area (Å²) in [5.74, 6) is -1.24. The van der Waals surface area contributed by atoms with E-state index in [0.29, 0.717) is 0 Å². The zero-order valence-corrected chi connectivity index (χ0v) is 9.91. The summed E-state index contributed by atoms with van der Waals surface area (Å²) in [6.07, 6.45) is -0.546. The number of nitro groups is 1. The molecule has 16 heavy (non-hydrogen) atoms. The van der Waals surface area contributed by atoms with Crippen molar-refractivity contribution in [2.24, 2.45) is 0 Å². The number of hydrogen-bond donors (Lipinski definition) is 1. The Balaban J connectivity index is 3.31. The molecule has 0 bridgehead atoms. The first kappa shape index (κ1) is 12.5. The highest BCUT2D eigenvalue weighted by molar-refractivity contribution is 14.2. The maximum absolute atomic E-state index is 10.9. The molecule has 0 atom stereocenters. The molecule has 0 aromatic heterocycles. The number of hydrogen-bond acceptors (Lipinski definition) is 5. The van der Waals surface area contributed by atoms with Gasteiger partial charge in [-0.1, -0.05) is 0 Å². The van der Waals surface area contributed by atoms with Crippen molar-refractivity contribution < 1.29 is 21.0 Å². The molecule has 0 aliphatic carbocycles. The number of halogens is 1. The van der Waals surface area contributed by atoms with Gasteiger partial charge in [0.15, 0.2) is 0 Å². The van der Waals surface area contributed by atoms with Crippen LogP contribution in [0.1, 0.15) is 5.56 Å². The van der Waals surface area contributed by atoms with Crippen molar-refractivity contribution in [1.82, 2.24) is 0 Å². The van der Waals surface area contributed by atoms with Crippen LogP contribution in [-0.2, 0) is 17.4 Å². The molecule has 1 aromatic carbocycles. The molecule has 8 heteroatoms. The molecule has 0 radical (unpaired) electrons. The van der Waals surface area contributed by atoms with Crippen LogP contribution in [0, 0.1) is 13.7 Å². The fourth-order valence-corrected chi connectivity index (χ4v) is 2.51. The van der Waals surface area contributed by atoms with Gasteiger partial charge in [0, 0.05) is 12.1 Å². The fourth-order valence-electron chi connectivity index (χ4n) is 1.12. The predicted molar refractivity (Wildman–Crippen MR) is 58.5 cm³/mol. The van der Waals surface area contributed by atoms with E-state index in [2.05, 4.69) is 0 Å². The van der Waals surface area contributed by atoms with E-state index in [1.165, 1.54) is 0 Å². The van der Waals surface area contributed by atoms with Gasteiger partial charge in [0.05, 0.1) is 14.9 Å². The minimum atomic E-state index is -3.83. The Morgan fingerprint density at radius 3 is 2.50 bits per heavy atom. The van der Waals surface area contributed by atoms with E-state index in [4.69, 9.17) is 5.11 Å². The van der Waals surface area contributed by atoms with Crippen molar-refractivity contribution in [3.63, 3.8) is 0 Å². The second-order valence-electron chi connectivity index (χ2n) is 2.82. The van der Waals surface area contributed by atoms with Crippen molar-refractivity contribution >= 4 is 31.4 Å². The predicted octanol–water partition coefficient (Wildman–Crippen LogP) is 1.59. The zero-order chi connectivity index (χ0) is 12.3. The summed E-state index contributed by atoms with van der Waals surface area (Å²) in [5.41, 5.74) is -0.366. The van der Waals surface area contributed by atoms with Gasteiger partial charge in [-0.05, 0) is 11.6 Å². The number of non-ortho nitro benzene ring substituents is 1. The van der Waals surface area contributed by atoms with E-state index < -0.39 is 37.1 Å². The van der Waals surface area contributed by atoms with Crippen LogP contribution in [0.25, 0.3) is 0 Å². The Bertz CT molecular complexity index is 513. The third-order valence-corrected chi connectivity index (χ3v) is 3.75. The monoisotopic (exact) mass is 339 g/mol. The van der Waals surface area contributed by atoms with Crippen molar-refractivity contribution in [2.75, 3.05) is 0 Å².